The molecule has 1 aromatic carbocycles. The summed E-state index contributed by atoms with van der Waals surface area (Å²) in [6.07, 6.45) is 9.63. The highest BCUT2D eigenvalue weighted by Gasteiger charge is 2.51. The van der Waals surface area contributed by atoms with Crippen LogP contribution in [0.2, 0.25) is 0 Å². The van der Waals surface area contributed by atoms with Gasteiger partial charge in [-0.3, -0.25) is 4.79 Å². The van der Waals surface area contributed by atoms with E-state index in [-0.39, 0.29) is 24.3 Å². The number of carbonyl (C=O) groups excluding carboxylic acids is 1. The van der Waals surface area contributed by atoms with Crippen molar-refractivity contribution < 1.29 is 19.4 Å². The van der Waals surface area contributed by atoms with Gasteiger partial charge in [-0.1, -0.05) is 12.1 Å². The summed E-state index contributed by atoms with van der Waals surface area (Å²) in [5, 5.41) is 10.5. The van der Waals surface area contributed by atoms with E-state index in [4.69, 9.17) is 9.47 Å². The summed E-state index contributed by atoms with van der Waals surface area (Å²) in [5.41, 5.74) is 1.93. The van der Waals surface area contributed by atoms with Crippen LogP contribution in [0.25, 0.3) is 0 Å². The third kappa shape index (κ3) is 5.52. The molecule has 0 amide bonds. The summed E-state index contributed by atoms with van der Waals surface area (Å²) in [6.45, 7) is 4.81. The third-order valence-corrected chi connectivity index (χ3v) is 8.62. The van der Waals surface area contributed by atoms with Gasteiger partial charge in [0.1, 0.15) is 18.5 Å². The second kappa shape index (κ2) is 10.5. The fourth-order valence-electron chi connectivity index (χ4n) is 7.52. The highest BCUT2D eigenvalue weighted by atomic mass is 35.5. The predicted octanol–water partition coefficient (Wildman–Crippen LogP) is 4.59. The molecule has 6 heteroatoms. The fraction of sp³-hybridized carbons (Fsp3) is 0.741. The Morgan fingerprint density at radius 1 is 1.06 bits per heavy atom. The molecule has 1 saturated heterocycles. The van der Waals surface area contributed by atoms with Crippen molar-refractivity contribution in [3.63, 3.8) is 0 Å². The second-order valence-corrected chi connectivity index (χ2v) is 11.0. The van der Waals surface area contributed by atoms with Crippen LogP contribution in [0.15, 0.2) is 24.3 Å². The largest absolute Gasteiger partial charge is 0.491 e. The molecule has 5 nitrogen and oxygen atoms in total. The van der Waals surface area contributed by atoms with Crippen molar-refractivity contribution in [1.82, 2.24) is 4.90 Å². The minimum atomic E-state index is -0.531. The Balaban J connectivity index is 0.00000259. The monoisotopic (exact) mass is 477 g/mol. The van der Waals surface area contributed by atoms with Crippen LogP contribution in [0.1, 0.15) is 63.9 Å². The van der Waals surface area contributed by atoms with Crippen molar-refractivity contribution in [3.8, 4) is 5.75 Å². The maximum Gasteiger partial charge on any atom is 0.309 e. The number of piperidine rings is 1. The van der Waals surface area contributed by atoms with E-state index in [1.807, 2.05) is 6.92 Å². The van der Waals surface area contributed by atoms with Crippen LogP contribution < -0.4 is 4.74 Å². The smallest absolute Gasteiger partial charge is 0.309 e. The lowest BCUT2D eigenvalue weighted by atomic mass is 9.48. The molecule has 5 aliphatic rings. The Kier molecular flexibility index (Phi) is 7.92. The average molecular weight is 478 g/mol. The van der Waals surface area contributed by atoms with Gasteiger partial charge in [-0.25, -0.2) is 0 Å². The van der Waals surface area contributed by atoms with Gasteiger partial charge in [0, 0.05) is 6.54 Å². The number of aliphatic hydroxyl groups excluding tert-OH is 1. The van der Waals surface area contributed by atoms with E-state index >= 15 is 0 Å². The number of hydrogen-bond acceptors (Lipinski definition) is 5. The number of likely N-dealkylation sites (tertiary alicyclic amines) is 1. The molecule has 1 heterocycles. The maximum absolute atomic E-state index is 11.9. The van der Waals surface area contributed by atoms with Crippen LogP contribution in [0.4, 0.5) is 0 Å². The van der Waals surface area contributed by atoms with E-state index in [1.54, 1.807) is 0 Å². The molecule has 5 fully saturated rings. The molecule has 1 aromatic rings. The number of halogens is 1. The number of β-amino-alcohol motifs (C(OH)–C–C–N with tert-alkyl or cyclic N) is 1. The van der Waals surface area contributed by atoms with Crippen molar-refractivity contribution in [1.29, 1.82) is 0 Å². The van der Waals surface area contributed by atoms with E-state index < -0.39 is 6.10 Å². The Labute approximate surface area is 204 Å². The normalized spacial score (nSPS) is 32.2. The first-order valence-corrected chi connectivity index (χ1v) is 12.8. The van der Waals surface area contributed by atoms with Gasteiger partial charge in [-0.2, -0.15) is 0 Å². The topological polar surface area (TPSA) is 59.0 Å². The number of esters is 1. The van der Waals surface area contributed by atoms with E-state index in [0.717, 1.165) is 49.4 Å². The van der Waals surface area contributed by atoms with Gasteiger partial charge in [0.15, 0.2) is 0 Å². The summed E-state index contributed by atoms with van der Waals surface area (Å²) in [4.78, 5) is 14.1. The minimum absolute atomic E-state index is 0. The van der Waals surface area contributed by atoms with Gasteiger partial charge in [0.25, 0.3) is 0 Å². The Morgan fingerprint density at radius 3 is 2.18 bits per heavy atom. The average Bonchev–Trinajstić information content (AvgIpc) is 2.78. The molecule has 4 saturated carbocycles. The Hall–Kier alpha value is -1.30. The molecule has 1 aliphatic heterocycles. The third-order valence-electron chi connectivity index (χ3n) is 8.62. The summed E-state index contributed by atoms with van der Waals surface area (Å²) in [5.74, 6) is 3.64. The zero-order chi connectivity index (χ0) is 22.1. The van der Waals surface area contributed by atoms with Gasteiger partial charge in [-0.05, 0) is 112 Å². The van der Waals surface area contributed by atoms with Gasteiger partial charge in [0.2, 0.25) is 0 Å². The molecule has 1 N–H and O–H groups in total. The highest BCUT2D eigenvalue weighted by molar-refractivity contribution is 5.85. The zero-order valence-electron chi connectivity index (χ0n) is 19.9. The van der Waals surface area contributed by atoms with Gasteiger partial charge < -0.3 is 19.5 Å². The molecule has 6 rings (SSSR count). The molecular formula is C27H40ClNO4. The van der Waals surface area contributed by atoms with Gasteiger partial charge >= 0.3 is 5.97 Å². The van der Waals surface area contributed by atoms with Gasteiger partial charge in [-0.15, -0.1) is 12.4 Å². The number of nitrogens with zero attached hydrogens (tertiary/aromatic N) is 1. The van der Waals surface area contributed by atoms with Crippen molar-refractivity contribution in [2.75, 3.05) is 32.8 Å². The van der Waals surface area contributed by atoms with Crippen LogP contribution in [0.3, 0.4) is 0 Å². The summed E-state index contributed by atoms with van der Waals surface area (Å²) in [7, 11) is 0. The van der Waals surface area contributed by atoms with Crippen molar-refractivity contribution in [3.05, 3.63) is 29.8 Å². The second-order valence-electron chi connectivity index (χ2n) is 11.0. The summed E-state index contributed by atoms with van der Waals surface area (Å²) >= 11 is 0. The molecule has 4 bridgehead atoms. The Morgan fingerprint density at radius 2 is 1.64 bits per heavy atom. The minimum Gasteiger partial charge on any atom is -0.491 e. The molecule has 4 aliphatic carbocycles. The van der Waals surface area contributed by atoms with Crippen molar-refractivity contribution >= 4 is 18.4 Å². The molecule has 0 radical (unpaired) electrons. The van der Waals surface area contributed by atoms with Crippen LogP contribution >= 0.6 is 12.4 Å². The number of benzene rings is 1. The maximum atomic E-state index is 11.9. The fourth-order valence-corrected chi connectivity index (χ4v) is 7.52. The van der Waals surface area contributed by atoms with E-state index in [0.29, 0.717) is 25.2 Å². The number of carbonyl (C=O) groups is 1. The molecule has 184 valence electrons. The number of rotatable bonds is 8. The van der Waals surface area contributed by atoms with E-state index in [2.05, 4.69) is 29.2 Å². The standard InChI is InChI=1S/C27H39NO4.ClH/c1-2-31-26(30)22-7-9-28(10-8-22)17-24(29)18-32-25-5-3-23(4-6-25)27-14-19-11-20(15-27)13-21(12-19)16-27;/h3-6,19-22,24,29H,2,7-18H2,1H3;1H. The lowest BCUT2D eigenvalue weighted by Crippen LogP contribution is -2.48. The highest BCUT2D eigenvalue weighted by Crippen LogP contribution is 2.60. The van der Waals surface area contributed by atoms with Crippen LogP contribution in [-0.2, 0) is 14.9 Å². The van der Waals surface area contributed by atoms with Crippen molar-refractivity contribution in [2.24, 2.45) is 23.7 Å². The SMILES string of the molecule is CCOC(=O)C1CCN(CC(O)COc2ccc(C34CC5CC(CC(C5)C3)C4)cc2)CC1.Cl. The number of hydrogen-bond donors (Lipinski definition) is 1. The first-order valence-electron chi connectivity index (χ1n) is 12.8. The molecule has 0 aromatic heterocycles. The molecule has 1 unspecified atom stereocenters. The van der Waals surface area contributed by atoms with Crippen LogP contribution in [0, 0.1) is 23.7 Å². The quantitative estimate of drug-likeness (QED) is 0.555. The molecule has 33 heavy (non-hydrogen) atoms. The van der Waals surface area contributed by atoms with Gasteiger partial charge in [0.05, 0.1) is 12.5 Å². The van der Waals surface area contributed by atoms with E-state index in [9.17, 15) is 9.90 Å². The summed E-state index contributed by atoms with van der Waals surface area (Å²) in [6, 6.07) is 8.78. The predicted molar refractivity (Wildman–Crippen MR) is 131 cm³/mol. The van der Waals surface area contributed by atoms with Crippen LogP contribution in [-0.4, -0.2) is 54.9 Å². The summed E-state index contributed by atoms with van der Waals surface area (Å²) < 4.78 is 11.1. The Bertz CT molecular complexity index is 755. The molecular weight excluding hydrogens is 438 g/mol. The zero-order valence-corrected chi connectivity index (χ0v) is 20.7. The molecule has 1 atom stereocenters. The first-order chi connectivity index (χ1) is 15.5. The number of ether oxygens (including phenoxy) is 2. The molecule has 0 spiro atoms. The first kappa shape index (κ1) is 24.8. The number of aliphatic hydroxyl groups is 1. The van der Waals surface area contributed by atoms with Crippen molar-refractivity contribution in [2.45, 2.75) is 69.8 Å². The lowest BCUT2D eigenvalue weighted by Gasteiger charge is -2.57. The van der Waals surface area contributed by atoms with Crippen LogP contribution in [0.5, 0.6) is 5.75 Å². The lowest BCUT2D eigenvalue weighted by molar-refractivity contribution is -0.149. The van der Waals surface area contributed by atoms with E-state index in [1.165, 1.54) is 44.1 Å².